The molecule has 0 amide bonds. The molecular weight excluding hydrogens is 294 g/mol. The van der Waals surface area contributed by atoms with Gasteiger partial charge in [-0.1, -0.05) is 42.0 Å². The van der Waals surface area contributed by atoms with E-state index in [0.717, 1.165) is 22.6 Å². The molecule has 0 saturated carbocycles. The van der Waals surface area contributed by atoms with E-state index in [1.165, 1.54) is 0 Å². The summed E-state index contributed by atoms with van der Waals surface area (Å²) in [5, 5.41) is 3.92. The van der Waals surface area contributed by atoms with E-state index >= 15 is 0 Å². The first kappa shape index (κ1) is 13.2. The van der Waals surface area contributed by atoms with Gasteiger partial charge in [0.25, 0.3) is 0 Å². The Bertz CT molecular complexity index is 643. The molecule has 2 aromatic carbocycles. The number of nitrogens with one attached hydrogen (secondary N) is 1. The Kier molecular flexibility index (Phi) is 3.76. The van der Waals surface area contributed by atoms with Crippen molar-refractivity contribution < 1.29 is 9.47 Å². The molecular formula is C15H12ClNO2S. The zero-order valence-electron chi connectivity index (χ0n) is 10.6. The van der Waals surface area contributed by atoms with Crippen LogP contribution in [0.1, 0.15) is 11.1 Å². The third-order valence-electron chi connectivity index (χ3n) is 3.00. The second-order valence-electron chi connectivity index (χ2n) is 4.38. The molecule has 3 nitrogen and oxygen atoms in total. The fourth-order valence-corrected chi connectivity index (χ4v) is 2.27. The van der Waals surface area contributed by atoms with Gasteiger partial charge in [0.2, 0.25) is 6.79 Å². The van der Waals surface area contributed by atoms with Gasteiger partial charge in [0.05, 0.1) is 0 Å². The molecule has 0 spiro atoms. The van der Waals surface area contributed by atoms with Crippen LogP contribution < -0.4 is 14.8 Å². The molecule has 1 N–H and O–H groups in total. The number of rotatable bonds is 3. The van der Waals surface area contributed by atoms with E-state index in [9.17, 15) is 0 Å². The highest BCUT2D eigenvalue weighted by atomic mass is 35.5. The predicted molar refractivity (Wildman–Crippen MR) is 82.6 cm³/mol. The molecule has 20 heavy (non-hydrogen) atoms. The van der Waals surface area contributed by atoms with E-state index in [-0.39, 0.29) is 6.79 Å². The average molecular weight is 306 g/mol. The molecule has 0 aliphatic carbocycles. The normalized spacial score (nSPS) is 12.2. The fraction of sp³-hybridized carbons (Fsp3) is 0.133. The number of hydrogen-bond donors (Lipinski definition) is 1. The maximum absolute atomic E-state index is 5.85. The van der Waals surface area contributed by atoms with Crippen molar-refractivity contribution in [2.75, 3.05) is 6.79 Å². The quantitative estimate of drug-likeness (QED) is 0.879. The number of thiocarbonyl (C=S) groups is 1. The summed E-state index contributed by atoms with van der Waals surface area (Å²) in [6.07, 6.45) is 0. The molecule has 3 rings (SSSR count). The molecule has 0 fully saturated rings. The van der Waals surface area contributed by atoms with Gasteiger partial charge in [-0.3, -0.25) is 0 Å². The summed E-state index contributed by atoms with van der Waals surface area (Å²) in [7, 11) is 0. The molecule has 0 unspecified atom stereocenters. The number of benzene rings is 2. The van der Waals surface area contributed by atoms with Crippen LogP contribution in [0.15, 0.2) is 42.5 Å². The van der Waals surface area contributed by atoms with Gasteiger partial charge >= 0.3 is 0 Å². The highest BCUT2D eigenvalue weighted by Gasteiger charge is 2.13. The predicted octanol–water partition coefficient (Wildman–Crippen LogP) is 3.53. The molecule has 0 saturated heterocycles. The van der Waals surface area contributed by atoms with E-state index in [4.69, 9.17) is 33.3 Å². The van der Waals surface area contributed by atoms with Crippen LogP contribution in [0.4, 0.5) is 0 Å². The van der Waals surface area contributed by atoms with Crippen LogP contribution in [-0.4, -0.2) is 11.8 Å². The molecule has 1 heterocycles. The second-order valence-corrected chi connectivity index (χ2v) is 5.22. The van der Waals surface area contributed by atoms with E-state index in [1.807, 2.05) is 42.5 Å². The van der Waals surface area contributed by atoms with E-state index < -0.39 is 0 Å². The maximum Gasteiger partial charge on any atom is 0.231 e. The molecule has 0 atom stereocenters. The van der Waals surface area contributed by atoms with Crippen LogP contribution in [-0.2, 0) is 6.54 Å². The molecule has 1 aliphatic heterocycles. The first-order chi connectivity index (χ1) is 9.72. The molecule has 0 radical (unpaired) electrons. The zero-order chi connectivity index (χ0) is 13.9. The van der Waals surface area contributed by atoms with Crippen LogP contribution in [0.5, 0.6) is 11.5 Å². The van der Waals surface area contributed by atoms with E-state index in [2.05, 4.69) is 5.32 Å². The highest BCUT2D eigenvalue weighted by molar-refractivity contribution is 7.80. The lowest BCUT2D eigenvalue weighted by Gasteiger charge is -2.09. The monoisotopic (exact) mass is 305 g/mol. The van der Waals surface area contributed by atoms with Crippen molar-refractivity contribution in [2.24, 2.45) is 0 Å². The minimum Gasteiger partial charge on any atom is -0.454 e. The summed E-state index contributed by atoms with van der Waals surface area (Å²) in [5.74, 6) is 1.57. The van der Waals surface area contributed by atoms with Crippen molar-refractivity contribution >= 4 is 28.8 Å². The summed E-state index contributed by atoms with van der Waals surface area (Å²) >= 11 is 11.2. The smallest absolute Gasteiger partial charge is 0.231 e. The lowest BCUT2D eigenvalue weighted by atomic mass is 10.2. The van der Waals surface area contributed by atoms with Crippen LogP contribution >= 0.6 is 23.8 Å². The third-order valence-corrected chi connectivity index (χ3v) is 3.63. The minimum absolute atomic E-state index is 0.287. The third kappa shape index (κ3) is 2.86. The Morgan fingerprint density at radius 3 is 2.65 bits per heavy atom. The van der Waals surface area contributed by atoms with Gasteiger partial charge in [0, 0.05) is 17.1 Å². The Morgan fingerprint density at radius 1 is 1.10 bits per heavy atom. The lowest BCUT2D eigenvalue weighted by molar-refractivity contribution is 0.174. The van der Waals surface area contributed by atoms with Crippen LogP contribution in [0.25, 0.3) is 0 Å². The van der Waals surface area contributed by atoms with Crippen molar-refractivity contribution in [2.45, 2.75) is 6.54 Å². The molecule has 0 bridgehead atoms. The van der Waals surface area contributed by atoms with Gasteiger partial charge in [0.1, 0.15) is 4.99 Å². The summed E-state index contributed by atoms with van der Waals surface area (Å²) < 4.78 is 10.6. The molecule has 0 aromatic heterocycles. The van der Waals surface area contributed by atoms with Crippen molar-refractivity contribution in [1.29, 1.82) is 0 Å². The van der Waals surface area contributed by atoms with Crippen molar-refractivity contribution in [3.05, 3.63) is 58.6 Å². The molecule has 1 aliphatic rings. The van der Waals surface area contributed by atoms with Crippen LogP contribution in [0.3, 0.4) is 0 Å². The molecule has 2 aromatic rings. The van der Waals surface area contributed by atoms with Gasteiger partial charge in [-0.2, -0.15) is 0 Å². The summed E-state index contributed by atoms with van der Waals surface area (Å²) in [5.41, 5.74) is 2.04. The minimum atomic E-state index is 0.287. The van der Waals surface area contributed by atoms with Crippen LogP contribution in [0, 0.1) is 0 Å². The first-order valence-electron chi connectivity index (χ1n) is 6.15. The standard InChI is InChI=1S/C15H12ClNO2S/c16-12-4-2-11(3-5-12)15(20)17-8-10-1-6-13-14(7-10)19-9-18-13/h1-7H,8-9H2,(H,17,20). The van der Waals surface area contributed by atoms with Crippen molar-refractivity contribution in [3.8, 4) is 11.5 Å². The Hall–Kier alpha value is -1.78. The lowest BCUT2D eigenvalue weighted by Crippen LogP contribution is -2.21. The van der Waals surface area contributed by atoms with Gasteiger partial charge < -0.3 is 14.8 Å². The van der Waals surface area contributed by atoms with Crippen LogP contribution in [0.2, 0.25) is 5.02 Å². The number of hydrogen-bond acceptors (Lipinski definition) is 3. The van der Waals surface area contributed by atoms with Crippen molar-refractivity contribution in [1.82, 2.24) is 5.32 Å². The van der Waals surface area contributed by atoms with Gasteiger partial charge in [-0.15, -0.1) is 0 Å². The van der Waals surface area contributed by atoms with Crippen molar-refractivity contribution in [3.63, 3.8) is 0 Å². The number of fused-ring (bicyclic) bond motifs is 1. The highest BCUT2D eigenvalue weighted by Crippen LogP contribution is 2.32. The number of ether oxygens (including phenoxy) is 2. The summed E-state index contributed by atoms with van der Waals surface area (Å²) in [6, 6.07) is 13.3. The average Bonchev–Trinajstić information content (AvgIpc) is 2.93. The van der Waals surface area contributed by atoms with E-state index in [1.54, 1.807) is 0 Å². The Labute approximate surface area is 127 Å². The Morgan fingerprint density at radius 2 is 1.85 bits per heavy atom. The zero-order valence-corrected chi connectivity index (χ0v) is 12.1. The molecule has 5 heteroatoms. The largest absolute Gasteiger partial charge is 0.454 e. The second kappa shape index (κ2) is 5.69. The van der Waals surface area contributed by atoms with Gasteiger partial charge in [-0.05, 0) is 29.8 Å². The topological polar surface area (TPSA) is 30.5 Å². The SMILES string of the molecule is S=C(NCc1ccc2c(c1)OCO2)c1ccc(Cl)cc1. The molecule has 102 valence electrons. The summed E-state index contributed by atoms with van der Waals surface area (Å²) in [4.78, 5) is 0.694. The maximum atomic E-state index is 5.85. The van der Waals surface area contributed by atoms with Gasteiger partial charge in [0.15, 0.2) is 11.5 Å². The first-order valence-corrected chi connectivity index (χ1v) is 6.93. The Balaban J connectivity index is 1.64. The summed E-state index contributed by atoms with van der Waals surface area (Å²) in [6.45, 7) is 0.924. The number of halogens is 1. The fourth-order valence-electron chi connectivity index (χ4n) is 1.94. The van der Waals surface area contributed by atoms with E-state index in [0.29, 0.717) is 16.6 Å². The van der Waals surface area contributed by atoms with Gasteiger partial charge in [-0.25, -0.2) is 0 Å².